The highest BCUT2D eigenvalue weighted by Crippen LogP contribution is 2.33. The molecule has 0 spiro atoms. The van der Waals surface area contributed by atoms with Gasteiger partial charge in [-0.2, -0.15) is 5.10 Å². The van der Waals surface area contributed by atoms with E-state index in [1.54, 1.807) is 29.9 Å². The van der Waals surface area contributed by atoms with Crippen LogP contribution in [0.5, 0.6) is 5.88 Å². The molecule has 0 radical (unpaired) electrons. The number of sulfonamides is 1. The van der Waals surface area contributed by atoms with E-state index in [4.69, 9.17) is 4.74 Å². The monoisotopic (exact) mass is 598 g/mol. The van der Waals surface area contributed by atoms with Gasteiger partial charge < -0.3 is 10.1 Å². The smallest absolute Gasteiger partial charge is 0.275 e. The van der Waals surface area contributed by atoms with Crippen molar-refractivity contribution in [2.75, 3.05) is 49.6 Å². The van der Waals surface area contributed by atoms with E-state index >= 15 is 0 Å². The number of methoxy groups -OCH3 is 1. The first-order valence-electron chi connectivity index (χ1n) is 13.3. The fourth-order valence-electron chi connectivity index (χ4n) is 5.07. The molecular formula is C27H34N8O4S2. The molecule has 218 valence electrons. The molecular weight excluding hydrogens is 564 g/mol. The number of nitrogens with zero attached hydrogens (tertiary/aromatic N) is 5. The van der Waals surface area contributed by atoms with E-state index in [2.05, 4.69) is 53.9 Å². The van der Waals surface area contributed by atoms with Gasteiger partial charge >= 0.3 is 0 Å². The van der Waals surface area contributed by atoms with E-state index in [1.807, 2.05) is 6.07 Å². The Morgan fingerprint density at radius 3 is 2.73 bits per heavy atom. The molecule has 1 aliphatic rings. The minimum Gasteiger partial charge on any atom is -0.480 e. The topological polar surface area (TPSA) is 145 Å². The number of thiazole rings is 1. The maximum Gasteiger partial charge on any atom is 0.275 e. The van der Waals surface area contributed by atoms with Gasteiger partial charge in [0, 0.05) is 48.2 Å². The lowest BCUT2D eigenvalue weighted by Crippen LogP contribution is -2.51. The molecule has 41 heavy (non-hydrogen) atoms. The zero-order chi connectivity index (χ0) is 29.1. The summed E-state index contributed by atoms with van der Waals surface area (Å²) in [4.78, 5) is 27.1. The standard InChI is InChI=1S/C27H34N8O4S2/c1-5-6-35-8-7-34(14-17(35)2)15-25-30-24(16-40-25)26(36)31-21-9-18(10-22-20(21)13-29-32-22)19-11-23(33-41(4,37)38)27(39-3)28-12-19/h9-13,16-17,33H,5-8,14-15H2,1-4H3,(H,29,32)(H,31,36). The van der Waals surface area contributed by atoms with Crippen LogP contribution in [-0.2, 0) is 16.6 Å². The number of amides is 1. The van der Waals surface area contributed by atoms with Crippen LogP contribution in [0, 0.1) is 0 Å². The molecule has 1 amide bonds. The third kappa shape index (κ3) is 6.84. The Kier molecular flexibility index (Phi) is 8.54. The maximum absolute atomic E-state index is 13.3. The number of anilines is 2. The molecule has 1 atom stereocenters. The molecule has 1 unspecified atom stereocenters. The predicted molar refractivity (Wildman–Crippen MR) is 161 cm³/mol. The zero-order valence-corrected chi connectivity index (χ0v) is 25.1. The summed E-state index contributed by atoms with van der Waals surface area (Å²) < 4.78 is 31.4. The molecule has 0 saturated carbocycles. The Morgan fingerprint density at radius 2 is 2.00 bits per heavy atom. The van der Waals surface area contributed by atoms with Gasteiger partial charge in [-0.1, -0.05) is 6.92 Å². The second-order valence-corrected chi connectivity index (χ2v) is 12.9. The molecule has 3 N–H and O–H groups in total. The zero-order valence-electron chi connectivity index (χ0n) is 23.5. The van der Waals surface area contributed by atoms with Crippen LogP contribution < -0.4 is 14.8 Å². The van der Waals surface area contributed by atoms with E-state index in [9.17, 15) is 13.2 Å². The number of H-pyrrole nitrogens is 1. The second kappa shape index (κ2) is 12.1. The van der Waals surface area contributed by atoms with Crippen LogP contribution in [0.25, 0.3) is 22.0 Å². The summed E-state index contributed by atoms with van der Waals surface area (Å²) in [6.07, 6.45) is 5.43. The number of hydrogen-bond donors (Lipinski definition) is 3. The van der Waals surface area contributed by atoms with Gasteiger partial charge in [0.2, 0.25) is 15.9 Å². The van der Waals surface area contributed by atoms with E-state index in [-0.39, 0.29) is 17.5 Å². The van der Waals surface area contributed by atoms with Crippen LogP contribution in [0.3, 0.4) is 0 Å². The van der Waals surface area contributed by atoms with Gasteiger partial charge in [0.25, 0.3) is 5.91 Å². The summed E-state index contributed by atoms with van der Waals surface area (Å²) in [5.41, 5.74) is 3.11. The summed E-state index contributed by atoms with van der Waals surface area (Å²) in [6, 6.07) is 5.78. The van der Waals surface area contributed by atoms with Crippen molar-refractivity contribution in [2.45, 2.75) is 32.9 Å². The van der Waals surface area contributed by atoms with Gasteiger partial charge in [-0.3, -0.25) is 24.4 Å². The van der Waals surface area contributed by atoms with Crippen molar-refractivity contribution in [1.82, 2.24) is 30.0 Å². The lowest BCUT2D eigenvalue weighted by molar-refractivity contribution is 0.0790. The highest BCUT2D eigenvalue weighted by atomic mass is 32.2. The molecule has 1 aromatic carbocycles. The van der Waals surface area contributed by atoms with Crippen molar-refractivity contribution in [3.8, 4) is 17.0 Å². The number of fused-ring (bicyclic) bond motifs is 1. The number of piperazine rings is 1. The molecule has 1 aliphatic heterocycles. The number of nitrogens with one attached hydrogen (secondary N) is 3. The SMILES string of the molecule is CCCN1CCN(Cc2nc(C(=O)Nc3cc(-c4cnc(OC)c(NS(C)(=O)=O)c4)cc4[nH]ncc34)cs2)CC1C. The third-order valence-corrected chi connectivity index (χ3v) is 8.41. The molecule has 4 heterocycles. The summed E-state index contributed by atoms with van der Waals surface area (Å²) in [7, 11) is -2.14. The van der Waals surface area contributed by atoms with Gasteiger partial charge in [-0.05, 0) is 43.7 Å². The van der Waals surface area contributed by atoms with Gasteiger partial charge in [0.15, 0.2) is 0 Å². The number of benzene rings is 1. The molecule has 0 aliphatic carbocycles. The number of hydrogen-bond acceptors (Lipinski definition) is 10. The van der Waals surface area contributed by atoms with E-state index < -0.39 is 10.0 Å². The summed E-state index contributed by atoms with van der Waals surface area (Å²) in [5, 5.41) is 13.5. The molecule has 0 bridgehead atoms. The van der Waals surface area contributed by atoms with Crippen LogP contribution in [0.15, 0.2) is 36.0 Å². The number of carbonyl (C=O) groups excluding carboxylic acids is 1. The lowest BCUT2D eigenvalue weighted by Gasteiger charge is -2.39. The normalized spacial score (nSPS) is 16.6. The summed E-state index contributed by atoms with van der Waals surface area (Å²) >= 11 is 1.49. The molecule has 1 saturated heterocycles. The largest absolute Gasteiger partial charge is 0.480 e. The Balaban J connectivity index is 1.34. The molecule has 3 aromatic heterocycles. The van der Waals surface area contributed by atoms with Crippen molar-refractivity contribution >= 4 is 49.5 Å². The van der Waals surface area contributed by atoms with Gasteiger partial charge in [-0.15, -0.1) is 11.3 Å². The van der Waals surface area contributed by atoms with Crippen molar-refractivity contribution < 1.29 is 17.9 Å². The molecule has 4 aromatic rings. The number of carbonyl (C=O) groups is 1. The van der Waals surface area contributed by atoms with Crippen LogP contribution in [-0.4, -0.2) is 89.9 Å². The Hall–Kier alpha value is -3.59. The highest BCUT2D eigenvalue weighted by Gasteiger charge is 2.24. The number of rotatable bonds is 10. The quantitative estimate of drug-likeness (QED) is 0.249. The van der Waals surface area contributed by atoms with Crippen LogP contribution in [0.1, 0.15) is 35.8 Å². The maximum atomic E-state index is 13.3. The Labute approximate surface area is 243 Å². The Morgan fingerprint density at radius 1 is 1.20 bits per heavy atom. The number of ether oxygens (including phenoxy) is 1. The molecule has 5 rings (SSSR count). The minimum absolute atomic E-state index is 0.145. The van der Waals surface area contributed by atoms with E-state index in [1.165, 1.54) is 18.4 Å². The lowest BCUT2D eigenvalue weighted by atomic mass is 10.0. The average molecular weight is 599 g/mol. The molecule has 1 fully saturated rings. The van der Waals surface area contributed by atoms with Crippen LogP contribution >= 0.6 is 11.3 Å². The fourth-order valence-corrected chi connectivity index (χ4v) is 6.43. The first-order valence-corrected chi connectivity index (χ1v) is 16.1. The first kappa shape index (κ1) is 28.9. The van der Waals surface area contributed by atoms with Crippen molar-refractivity contribution in [3.05, 3.63) is 46.7 Å². The van der Waals surface area contributed by atoms with E-state index in [0.717, 1.165) is 55.8 Å². The fraction of sp³-hybridized carbons (Fsp3) is 0.407. The number of aromatic amines is 1. The average Bonchev–Trinajstić information content (AvgIpc) is 3.59. The van der Waals surface area contributed by atoms with Crippen LogP contribution in [0.4, 0.5) is 11.4 Å². The summed E-state index contributed by atoms with van der Waals surface area (Å²) in [6.45, 7) is 9.32. The Bertz CT molecular complexity index is 1650. The molecule has 12 nitrogen and oxygen atoms in total. The van der Waals surface area contributed by atoms with Gasteiger partial charge in [-0.25, -0.2) is 18.4 Å². The molecule has 14 heteroatoms. The van der Waals surface area contributed by atoms with Crippen molar-refractivity contribution in [1.29, 1.82) is 0 Å². The third-order valence-electron chi connectivity index (χ3n) is 6.98. The van der Waals surface area contributed by atoms with Gasteiger partial charge in [0.05, 0.1) is 37.3 Å². The van der Waals surface area contributed by atoms with Crippen molar-refractivity contribution in [3.63, 3.8) is 0 Å². The van der Waals surface area contributed by atoms with Gasteiger partial charge in [0.1, 0.15) is 16.4 Å². The summed E-state index contributed by atoms with van der Waals surface area (Å²) in [5.74, 6) is -0.174. The number of aromatic nitrogens is 4. The van der Waals surface area contributed by atoms with Crippen LogP contribution in [0.2, 0.25) is 0 Å². The second-order valence-electron chi connectivity index (χ2n) is 10.2. The first-order chi connectivity index (χ1) is 19.6. The van der Waals surface area contributed by atoms with Crippen molar-refractivity contribution in [2.24, 2.45) is 0 Å². The number of pyridine rings is 1. The van der Waals surface area contributed by atoms with E-state index in [0.29, 0.717) is 34.1 Å². The highest BCUT2D eigenvalue weighted by molar-refractivity contribution is 7.92. The minimum atomic E-state index is -3.56. The predicted octanol–water partition coefficient (Wildman–Crippen LogP) is 3.63.